The number of allylic oxidation sites excluding steroid dienone is 1. The normalized spacial score (nSPS) is 11.2. The third-order valence-corrected chi connectivity index (χ3v) is 5.75. The first kappa shape index (κ1) is 18.4. The molecule has 28 heavy (non-hydrogen) atoms. The highest BCUT2D eigenvalue weighted by Crippen LogP contribution is 2.22. The molecule has 1 amide bonds. The Morgan fingerprint density at radius 2 is 2.18 bits per heavy atom. The maximum Gasteiger partial charge on any atom is 0.263 e. The van der Waals surface area contributed by atoms with Crippen LogP contribution in [0.1, 0.15) is 4.88 Å². The molecule has 0 bridgehead atoms. The average molecular weight is 413 g/mol. The van der Waals surface area contributed by atoms with Gasteiger partial charge in [0.1, 0.15) is 0 Å². The number of hydrogen-bond acceptors (Lipinski definition) is 7. The number of aromatic nitrogens is 5. The van der Waals surface area contributed by atoms with Crippen LogP contribution >= 0.6 is 23.1 Å². The maximum absolute atomic E-state index is 12.8. The van der Waals surface area contributed by atoms with E-state index < -0.39 is 0 Å². The molecule has 4 aromatic rings. The zero-order valence-electron chi connectivity index (χ0n) is 15.0. The molecule has 3 aromatic heterocycles. The molecular weight excluding hydrogens is 396 g/mol. The van der Waals surface area contributed by atoms with Crippen molar-refractivity contribution in [3.63, 3.8) is 0 Å². The van der Waals surface area contributed by atoms with Crippen LogP contribution in [0.3, 0.4) is 0 Å². The number of benzene rings is 1. The molecular formula is C18H16N6O2S2. The van der Waals surface area contributed by atoms with Gasteiger partial charge in [0.15, 0.2) is 10.3 Å². The molecule has 1 aromatic carbocycles. The fourth-order valence-corrected chi connectivity index (χ4v) is 4.24. The van der Waals surface area contributed by atoms with Crippen molar-refractivity contribution < 1.29 is 4.79 Å². The Hall–Kier alpha value is -2.98. The number of thiazole rings is 1. The van der Waals surface area contributed by atoms with Gasteiger partial charge < -0.3 is 5.32 Å². The van der Waals surface area contributed by atoms with Gasteiger partial charge in [-0.1, -0.05) is 30.0 Å². The first-order valence-corrected chi connectivity index (χ1v) is 10.2. The Kier molecular flexibility index (Phi) is 4.97. The smallest absolute Gasteiger partial charge is 0.263 e. The number of carbonyl (C=O) groups excluding carboxylic acids is 1. The predicted molar refractivity (Wildman–Crippen MR) is 111 cm³/mol. The second-order valence-corrected chi connectivity index (χ2v) is 8.13. The highest BCUT2D eigenvalue weighted by Gasteiger charge is 2.17. The molecule has 8 nitrogen and oxygen atoms in total. The predicted octanol–water partition coefficient (Wildman–Crippen LogP) is 2.73. The number of anilines is 1. The number of hydrogen-bond donors (Lipinski definition) is 1. The van der Waals surface area contributed by atoms with Crippen LogP contribution in [-0.4, -0.2) is 35.8 Å². The molecule has 0 aliphatic heterocycles. The molecule has 3 heterocycles. The van der Waals surface area contributed by atoms with E-state index in [1.165, 1.54) is 27.7 Å². The number of nitrogens with one attached hydrogen (secondary N) is 1. The van der Waals surface area contributed by atoms with Gasteiger partial charge >= 0.3 is 0 Å². The lowest BCUT2D eigenvalue weighted by atomic mass is 10.2. The van der Waals surface area contributed by atoms with Crippen molar-refractivity contribution in [1.82, 2.24) is 24.1 Å². The Labute approximate surface area is 167 Å². The van der Waals surface area contributed by atoms with Crippen molar-refractivity contribution in [3.8, 4) is 0 Å². The Morgan fingerprint density at radius 3 is 2.93 bits per heavy atom. The summed E-state index contributed by atoms with van der Waals surface area (Å²) in [5, 5.41) is 12.8. The molecule has 0 unspecified atom stereocenters. The summed E-state index contributed by atoms with van der Waals surface area (Å²) >= 11 is 2.67. The monoisotopic (exact) mass is 412 g/mol. The van der Waals surface area contributed by atoms with Crippen LogP contribution in [0.4, 0.5) is 5.13 Å². The molecule has 142 valence electrons. The van der Waals surface area contributed by atoms with Gasteiger partial charge in [-0.2, -0.15) is 0 Å². The van der Waals surface area contributed by atoms with E-state index in [1.807, 2.05) is 25.1 Å². The summed E-state index contributed by atoms with van der Waals surface area (Å²) in [6.45, 7) is 5.96. The second-order valence-electron chi connectivity index (χ2n) is 5.95. The number of carbonyl (C=O) groups is 1. The summed E-state index contributed by atoms with van der Waals surface area (Å²) in [6.07, 6.45) is 3.35. The zero-order chi connectivity index (χ0) is 19.7. The van der Waals surface area contributed by atoms with Crippen molar-refractivity contribution >= 4 is 50.8 Å². The van der Waals surface area contributed by atoms with Gasteiger partial charge in [0.05, 0.1) is 16.7 Å². The Bertz CT molecular complexity index is 1260. The molecule has 4 rings (SSSR count). The van der Waals surface area contributed by atoms with Crippen LogP contribution in [0.25, 0.3) is 16.7 Å². The number of rotatable bonds is 6. The lowest BCUT2D eigenvalue weighted by Gasteiger charge is -2.09. The summed E-state index contributed by atoms with van der Waals surface area (Å²) in [4.78, 5) is 30.2. The largest absolute Gasteiger partial charge is 0.301 e. The number of nitrogens with zero attached hydrogens (tertiary/aromatic N) is 5. The summed E-state index contributed by atoms with van der Waals surface area (Å²) in [6, 6.07) is 7.27. The zero-order valence-corrected chi connectivity index (χ0v) is 16.6. The van der Waals surface area contributed by atoms with Crippen LogP contribution in [0, 0.1) is 6.92 Å². The van der Waals surface area contributed by atoms with E-state index in [2.05, 4.69) is 27.1 Å². The number of fused-ring (bicyclic) bond motifs is 3. The van der Waals surface area contributed by atoms with Crippen LogP contribution in [0.5, 0.6) is 0 Å². The minimum atomic E-state index is -0.181. The first-order chi connectivity index (χ1) is 13.6. The van der Waals surface area contributed by atoms with Gasteiger partial charge in [-0.3, -0.25) is 18.6 Å². The molecule has 0 spiro atoms. The van der Waals surface area contributed by atoms with Gasteiger partial charge in [0, 0.05) is 17.6 Å². The third kappa shape index (κ3) is 3.32. The minimum absolute atomic E-state index is 0.147. The van der Waals surface area contributed by atoms with Crippen molar-refractivity contribution in [2.24, 2.45) is 0 Å². The van der Waals surface area contributed by atoms with Gasteiger partial charge in [-0.25, -0.2) is 4.98 Å². The quantitative estimate of drug-likeness (QED) is 0.387. The molecule has 0 radical (unpaired) electrons. The standard InChI is InChI=1S/C18H16N6O2S2/c1-3-8-23-15(26)12-6-4-5-7-13(12)24-17(23)21-22-18(24)27-10-14(25)20-16-19-9-11(2)28-16/h3-7,9H,1,8,10H2,2H3,(H,19,20,25). The summed E-state index contributed by atoms with van der Waals surface area (Å²) < 4.78 is 3.32. The van der Waals surface area contributed by atoms with E-state index in [4.69, 9.17) is 0 Å². The fraction of sp³-hybridized carbons (Fsp3) is 0.167. The molecule has 0 atom stereocenters. The number of para-hydroxylation sites is 1. The minimum Gasteiger partial charge on any atom is -0.301 e. The van der Waals surface area contributed by atoms with E-state index >= 15 is 0 Å². The van der Waals surface area contributed by atoms with E-state index in [-0.39, 0.29) is 17.2 Å². The van der Waals surface area contributed by atoms with Crippen LogP contribution in [0.2, 0.25) is 0 Å². The van der Waals surface area contributed by atoms with Gasteiger partial charge in [0.25, 0.3) is 5.56 Å². The molecule has 0 saturated heterocycles. The fourth-order valence-electron chi connectivity index (χ4n) is 2.82. The SMILES string of the molecule is C=CCn1c(=O)c2ccccc2n2c(SCC(=O)Nc3ncc(C)s3)nnc12. The first-order valence-electron chi connectivity index (χ1n) is 8.41. The van der Waals surface area contributed by atoms with Crippen LogP contribution in [0.15, 0.2) is 53.1 Å². The molecule has 0 aliphatic rings. The van der Waals surface area contributed by atoms with E-state index in [0.29, 0.717) is 33.5 Å². The van der Waals surface area contributed by atoms with Crippen LogP contribution < -0.4 is 10.9 Å². The molecule has 10 heteroatoms. The van der Waals surface area contributed by atoms with Gasteiger partial charge in [-0.15, -0.1) is 28.1 Å². The molecule has 0 fully saturated rings. The van der Waals surface area contributed by atoms with E-state index in [1.54, 1.807) is 22.7 Å². The Morgan fingerprint density at radius 1 is 1.36 bits per heavy atom. The van der Waals surface area contributed by atoms with Crippen molar-refractivity contribution in [1.29, 1.82) is 0 Å². The summed E-state index contributed by atoms with van der Waals surface area (Å²) in [5.41, 5.74) is 0.551. The lowest BCUT2D eigenvalue weighted by molar-refractivity contribution is -0.113. The average Bonchev–Trinajstić information content (AvgIpc) is 3.29. The summed E-state index contributed by atoms with van der Waals surface area (Å²) in [7, 11) is 0. The Balaban J connectivity index is 1.69. The van der Waals surface area contributed by atoms with Gasteiger partial charge in [-0.05, 0) is 19.1 Å². The van der Waals surface area contributed by atoms with Crippen LogP contribution in [-0.2, 0) is 11.3 Å². The number of thioether (sulfide) groups is 1. The van der Waals surface area contributed by atoms with E-state index in [0.717, 1.165) is 4.88 Å². The van der Waals surface area contributed by atoms with E-state index in [9.17, 15) is 9.59 Å². The van der Waals surface area contributed by atoms with Gasteiger partial charge in [0.2, 0.25) is 11.7 Å². The summed E-state index contributed by atoms with van der Waals surface area (Å²) in [5.74, 6) is 0.385. The molecule has 0 aliphatic carbocycles. The molecule has 0 saturated carbocycles. The lowest BCUT2D eigenvalue weighted by Crippen LogP contribution is -2.22. The number of amides is 1. The highest BCUT2D eigenvalue weighted by atomic mass is 32.2. The maximum atomic E-state index is 12.8. The second kappa shape index (κ2) is 7.56. The van der Waals surface area contributed by atoms with Crippen molar-refractivity contribution in [2.75, 3.05) is 11.1 Å². The third-order valence-electron chi connectivity index (χ3n) is 3.99. The van der Waals surface area contributed by atoms with Crippen molar-refractivity contribution in [3.05, 3.63) is 58.3 Å². The topological polar surface area (TPSA) is 94.2 Å². The number of aryl methyl sites for hydroxylation is 1. The highest BCUT2D eigenvalue weighted by molar-refractivity contribution is 7.99. The molecule has 1 N–H and O–H groups in total. The van der Waals surface area contributed by atoms with Crippen molar-refractivity contribution in [2.45, 2.75) is 18.6 Å².